The molecule has 0 saturated carbocycles. The van der Waals surface area contributed by atoms with Crippen molar-refractivity contribution in [3.05, 3.63) is 101 Å². The number of nitrogens with two attached hydrogens (primary N) is 1. The first-order chi connectivity index (χ1) is 14.0. The molecule has 0 radical (unpaired) electrons. The zero-order chi connectivity index (χ0) is 20.8. The summed E-state index contributed by atoms with van der Waals surface area (Å²) in [4.78, 5) is 14.5. The van der Waals surface area contributed by atoms with E-state index in [2.05, 4.69) is 10.1 Å². The zero-order valence-electron chi connectivity index (χ0n) is 15.7. The molecule has 0 atom stereocenters. The molecule has 0 fully saturated rings. The summed E-state index contributed by atoms with van der Waals surface area (Å²) in [6, 6.07) is 19.9. The molecule has 0 aliphatic rings. The molecule has 0 bridgehead atoms. The normalized spacial score (nSPS) is 11.0. The van der Waals surface area contributed by atoms with Crippen molar-refractivity contribution in [3.8, 4) is 0 Å². The molecule has 2 aromatic heterocycles. The minimum absolute atomic E-state index is 0.339. The predicted molar refractivity (Wildman–Crippen MR) is 112 cm³/mol. The second kappa shape index (κ2) is 8.71. The van der Waals surface area contributed by atoms with E-state index in [4.69, 9.17) is 10.8 Å². The number of rotatable bonds is 3. The molecule has 29 heavy (non-hydrogen) atoms. The molecule has 0 amide bonds. The van der Waals surface area contributed by atoms with Crippen LogP contribution in [0.2, 0.25) is 0 Å². The highest BCUT2D eigenvalue weighted by Crippen LogP contribution is 2.14. The molecule has 2 heterocycles. The fraction of sp³-hybridized carbons (Fsp3) is 0.0455. The number of nitrogens with zero attached hydrogens (tertiary/aromatic N) is 3. The van der Waals surface area contributed by atoms with Crippen LogP contribution >= 0.6 is 0 Å². The molecule has 0 aliphatic heterocycles. The largest absolute Gasteiger partial charge is 0.478 e. The molecule has 0 spiro atoms. The van der Waals surface area contributed by atoms with Gasteiger partial charge in [-0.1, -0.05) is 53.2 Å². The van der Waals surface area contributed by atoms with Crippen LogP contribution in [0.15, 0.2) is 84.3 Å². The topological polar surface area (TPSA) is 113 Å². The van der Waals surface area contributed by atoms with Crippen LogP contribution in [0.3, 0.4) is 0 Å². The van der Waals surface area contributed by atoms with Crippen LogP contribution in [0.1, 0.15) is 27.0 Å². The average molecular weight is 388 g/mol. The molecule has 4 N–H and O–H groups in total. The average Bonchev–Trinajstić information content (AvgIpc) is 3.10. The van der Waals surface area contributed by atoms with Crippen LogP contribution in [-0.2, 0) is 0 Å². The first-order valence-electron chi connectivity index (χ1n) is 8.80. The summed E-state index contributed by atoms with van der Waals surface area (Å²) in [6.45, 7) is 1.92. The van der Waals surface area contributed by atoms with Gasteiger partial charge >= 0.3 is 5.97 Å². The van der Waals surface area contributed by atoms with Gasteiger partial charge in [0.15, 0.2) is 0 Å². The van der Waals surface area contributed by atoms with Gasteiger partial charge in [-0.05, 0) is 31.2 Å². The van der Waals surface area contributed by atoms with Crippen LogP contribution < -0.4 is 5.73 Å². The summed E-state index contributed by atoms with van der Waals surface area (Å²) in [5.74, 6) is -0.417. The van der Waals surface area contributed by atoms with E-state index in [0.29, 0.717) is 17.1 Å². The van der Waals surface area contributed by atoms with Gasteiger partial charge in [-0.25, -0.2) is 9.78 Å². The van der Waals surface area contributed by atoms with E-state index < -0.39 is 5.97 Å². The molecule has 7 heteroatoms. The Morgan fingerprint density at radius 1 is 0.931 bits per heavy atom. The lowest BCUT2D eigenvalue weighted by Gasteiger charge is -2.05. The number of aryl methyl sites for hydroxylation is 1. The first kappa shape index (κ1) is 19.6. The number of carbonyl (C=O) groups is 1. The van der Waals surface area contributed by atoms with Crippen molar-refractivity contribution in [3.63, 3.8) is 0 Å². The Morgan fingerprint density at radius 3 is 2.21 bits per heavy atom. The molecule has 0 saturated heterocycles. The Balaban J connectivity index is 0.000000204. The number of benzene rings is 2. The van der Waals surface area contributed by atoms with Crippen LogP contribution in [0.5, 0.6) is 0 Å². The summed E-state index contributed by atoms with van der Waals surface area (Å²) < 4.78 is 1.80. The predicted octanol–water partition coefficient (Wildman–Crippen LogP) is 3.84. The quantitative estimate of drug-likeness (QED) is 0.280. The Hall–Kier alpha value is -4.13. The highest BCUT2D eigenvalue weighted by Gasteiger charge is 2.09. The molecule has 2 aromatic carbocycles. The number of hydrogen-bond acceptors (Lipinski definition) is 5. The maximum Gasteiger partial charge on any atom is 0.335 e. The second-order valence-electron chi connectivity index (χ2n) is 6.33. The summed E-state index contributed by atoms with van der Waals surface area (Å²) in [5, 5.41) is 21.1. The third-order valence-electron chi connectivity index (χ3n) is 4.19. The van der Waals surface area contributed by atoms with E-state index in [9.17, 15) is 10.0 Å². The van der Waals surface area contributed by atoms with Gasteiger partial charge in [-0.15, -0.1) is 0 Å². The highest BCUT2D eigenvalue weighted by atomic mass is 16.4. The van der Waals surface area contributed by atoms with Gasteiger partial charge in [0.2, 0.25) is 0 Å². The lowest BCUT2D eigenvalue weighted by molar-refractivity contribution is 0.0697. The Labute approximate surface area is 167 Å². The minimum atomic E-state index is -0.875. The number of anilines is 1. The summed E-state index contributed by atoms with van der Waals surface area (Å²) in [6.07, 6.45) is 3.56. The van der Waals surface area contributed by atoms with E-state index >= 15 is 0 Å². The number of aromatic nitrogens is 2. The van der Waals surface area contributed by atoms with Crippen molar-refractivity contribution in [2.24, 2.45) is 5.16 Å². The van der Waals surface area contributed by atoms with Crippen molar-refractivity contribution in [1.82, 2.24) is 9.38 Å². The van der Waals surface area contributed by atoms with E-state index in [1.165, 1.54) is 0 Å². The van der Waals surface area contributed by atoms with Crippen LogP contribution in [-0.4, -0.2) is 31.4 Å². The lowest BCUT2D eigenvalue weighted by Crippen LogP contribution is -2.04. The smallest absolute Gasteiger partial charge is 0.335 e. The first-order valence-corrected chi connectivity index (χ1v) is 8.80. The fourth-order valence-electron chi connectivity index (χ4n) is 2.73. The number of nitrogen functional groups attached to an aromatic ring is 1. The van der Waals surface area contributed by atoms with Gasteiger partial charge < -0.3 is 20.4 Å². The number of oxime groups is 1. The van der Waals surface area contributed by atoms with Crippen molar-refractivity contribution in [2.45, 2.75) is 6.92 Å². The fourth-order valence-corrected chi connectivity index (χ4v) is 2.73. The van der Waals surface area contributed by atoms with Gasteiger partial charge in [0.25, 0.3) is 0 Å². The Kier molecular flexibility index (Phi) is 5.89. The van der Waals surface area contributed by atoms with Crippen LogP contribution in [0.25, 0.3) is 5.65 Å². The van der Waals surface area contributed by atoms with Gasteiger partial charge in [-0.2, -0.15) is 0 Å². The SMILES string of the molecule is Cc1ccc(C(=O)O)cc1.Nc1cn2cc(/C(=N/O)c3ccccc3)ccc2n1. The van der Waals surface area contributed by atoms with E-state index in [1.54, 1.807) is 34.9 Å². The summed E-state index contributed by atoms with van der Waals surface area (Å²) in [7, 11) is 0. The molecule has 4 aromatic rings. The van der Waals surface area contributed by atoms with E-state index in [-0.39, 0.29) is 0 Å². The van der Waals surface area contributed by atoms with Gasteiger partial charge in [0, 0.05) is 17.3 Å². The molecular formula is C22H20N4O3. The number of hydrogen-bond donors (Lipinski definition) is 3. The maximum absolute atomic E-state index is 10.3. The number of carboxylic acid groups (broad SMARTS) is 1. The Morgan fingerprint density at radius 2 is 1.59 bits per heavy atom. The second-order valence-corrected chi connectivity index (χ2v) is 6.33. The minimum Gasteiger partial charge on any atom is -0.478 e. The van der Waals surface area contributed by atoms with Crippen molar-refractivity contribution < 1.29 is 15.1 Å². The molecule has 4 rings (SSSR count). The Bertz CT molecular complexity index is 1150. The summed E-state index contributed by atoms with van der Waals surface area (Å²) >= 11 is 0. The third kappa shape index (κ3) is 4.78. The van der Waals surface area contributed by atoms with Gasteiger partial charge in [-0.3, -0.25) is 0 Å². The van der Waals surface area contributed by atoms with E-state index in [0.717, 1.165) is 22.3 Å². The number of carboxylic acids is 1. The lowest BCUT2D eigenvalue weighted by atomic mass is 10.0. The van der Waals surface area contributed by atoms with Crippen LogP contribution in [0, 0.1) is 6.92 Å². The number of imidazole rings is 1. The number of fused-ring (bicyclic) bond motifs is 1. The molecule has 0 unspecified atom stereocenters. The monoisotopic (exact) mass is 388 g/mol. The van der Waals surface area contributed by atoms with Crippen LogP contribution in [0.4, 0.5) is 5.82 Å². The molecular weight excluding hydrogens is 368 g/mol. The van der Waals surface area contributed by atoms with Crippen molar-refractivity contribution >= 4 is 23.1 Å². The van der Waals surface area contributed by atoms with Crippen molar-refractivity contribution in [2.75, 3.05) is 5.73 Å². The highest BCUT2D eigenvalue weighted by molar-refractivity contribution is 6.12. The number of pyridine rings is 1. The maximum atomic E-state index is 10.3. The van der Waals surface area contributed by atoms with Crippen molar-refractivity contribution in [1.29, 1.82) is 0 Å². The van der Waals surface area contributed by atoms with Gasteiger partial charge in [0.1, 0.15) is 17.2 Å². The third-order valence-corrected chi connectivity index (χ3v) is 4.19. The van der Waals surface area contributed by atoms with Gasteiger partial charge in [0.05, 0.1) is 11.8 Å². The number of aromatic carboxylic acids is 1. The molecule has 146 valence electrons. The standard InChI is InChI=1S/C14H12N4O.C8H8O2/c15-12-9-18-8-11(6-7-13(18)16-12)14(17-19)10-4-2-1-3-5-10;1-6-2-4-7(5-3-6)8(9)10/h1-9,19H,15H2;2-5H,1H3,(H,9,10)/b17-14+;. The zero-order valence-corrected chi connectivity index (χ0v) is 15.7. The summed E-state index contributed by atoms with van der Waals surface area (Å²) in [5.41, 5.74) is 9.96. The molecule has 0 aliphatic carbocycles. The van der Waals surface area contributed by atoms with E-state index in [1.807, 2.05) is 55.6 Å². The molecule has 7 nitrogen and oxygen atoms in total.